The smallest absolute Gasteiger partial charge is 0.248 e. The molecule has 0 saturated heterocycles. The summed E-state index contributed by atoms with van der Waals surface area (Å²) in [6, 6.07) is 18.7. The van der Waals surface area contributed by atoms with Crippen molar-refractivity contribution >= 4 is 28.8 Å². The number of nitrogens with two attached hydrogens (primary N) is 1. The van der Waals surface area contributed by atoms with Gasteiger partial charge in [0.25, 0.3) is 0 Å². The number of hydrogen-bond acceptors (Lipinski definition) is 4. The van der Waals surface area contributed by atoms with Gasteiger partial charge in [-0.05, 0) is 59.7 Å². The van der Waals surface area contributed by atoms with Gasteiger partial charge in [-0.15, -0.1) is 11.3 Å². The lowest BCUT2D eigenvalue weighted by Gasteiger charge is -2.23. The van der Waals surface area contributed by atoms with Gasteiger partial charge >= 0.3 is 0 Å². The van der Waals surface area contributed by atoms with Crippen molar-refractivity contribution in [1.82, 2.24) is 5.32 Å². The molecule has 0 unspecified atom stereocenters. The van der Waals surface area contributed by atoms with Gasteiger partial charge in [0.1, 0.15) is 0 Å². The van der Waals surface area contributed by atoms with Crippen molar-refractivity contribution in [2.45, 2.75) is 38.8 Å². The topological polar surface area (TPSA) is 84.2 Å². The fraction of sp³-hybridized carbons (Fsp3) is 0.250. The summed E-state index contributed by atoms with van der Waals surface area (Å²) >= 11 is 1.66. The molecule has 5 nitrogen and oxygen atoms in total. The van der Waals surface area contributed by atoms with E-state index in [-0.39, 0.29) is 11.9 Å². The maximum absolute atomic E-state index is 12.7. The number of benzene rings is 2. The Morgan fingerprint density at radius 3 is 2.07 bits per heavy atom. The number of nitrogens with one attached hydrogen (secondary N) is 2. The third-order valence-corrected chi connectivity index (χ3v) is 5.95. The molecule has 0 saturated carbocycles. The van der Waals surface area contributed by atoms with E-state index < -0.39 is 11.9 Å². The largest absolute Gasteiger partial charge is 0.366 e. The first kappa shape index (κ1) is 21.7. The molecular weight excluding hydrogens is 394 g/mol. The van der Waals surface area contributed by atoms with Crippen LogP contribution < -0.4 is 16.4 Å². The van der Waals surface area contributed by atoms with Gasteiger partial charge in [-0.2, -0.15) is 0 Å². The average Bonchev–Trinajstić information content (AvgIpc) is 3.26. The second kappa shape index (κ2) is 9.69. The molecule has 4 N–H and O–H groups in total. The lowest BCUT2D eigenvalue weighted by Crippen LogP contribution is -2.40. The minimum atomic E-state index is -0.495. The lowest BCUT2D eigenvalue weighted by atomic mass is 9.98. The van der Waals surface area contributed by atoms with Gasteiger partial charge in [-0.1, -0.05) is 44.2 Å². The molecule has 0 bridgehead atoms. The van der Waals surface area contributed by atoms with E-state index in [2.05, 4.69) is 54.8 Å². The molecule has 1 aromatic heterocycles. The van der Waals surface area contributed by atoms with E-state index in [9.17, 15) is 9.59 Å². The van der Waals surface area contributed by atoms with E-state index >= 15 is 0 Å². The van der Waals surface area contributed by atoms with E-state index in [4.69, 9.17) is 5.73 Å². The summed E-state index contributed by atoms with van der Waals surface area (Å²) in [5.74, 6) is -0.176. The van der Waals surface area contributed by atoms with E-state index in [1.165, 1.54) is 5.56 Å². The highest BCUT2D eigenvalue weighted by Crippen LogP contribution is 2.28. The van der Waals surface area contributed by atoms with E-state index in [1.54, 1.807) is 35.6 Å². The molecule has 2 aromatic carbocycles. The Kier molecular flexibility index (Phi) is 7.03. The van der Waals surface area contributed by atoms with Crippen LogP contribution >= 0.6 is 11.3 Å². The molecule has 2 amide bonds. The molecule has 0 aliphatic heterocycles. The van der Waals surface area contributed by atoms with Crippen molar-refractivity contribution < 1.29 is 9.59 Å². The summed E-state index contributed by atoms with van der Waals surface area (Å²) in [5.41, 5.74) is 8.69. The Hall–Kier alpha value is -2.96. The Bertz CT molecular complexity index is 980. The second-order valence-corrected chi connectivity index (χ2v) is 8.57. The fourth-order valence-corrected chi connectivity index (χ4v) is 3.98. The normalized spacial score (nSPS) is 13.1. The highest BCUT2D eigenvalue weighted by Gasteiger charge is 2.22. The molecule has 3 aromatic rings. The summed E-state index contributed by atoms with van der Waals surface area (Å²) in [6.45, 7) is 6.19. The molecular formula is C24H27N3O2S. The molecule has 1 heterocycles. The van der Waals surface area contributed by atoms with Crippen LogP contribution in [0.2, 0.25) is 0 Å². The third-order valence-electron chi connectivity index (χ3n) is 5.01. The Morgan fingerprint density at radius 1 is 0.900 bits per heavy atom. The number of carbonyl (C=O) groups excluding carboxylic acids is 2. The minimum absolute atomic E-state index is 0.0794. The van der Waals surface area contributed by atoms with E-state index in [0.717, 1.165) is 10.4 Å². The molecule has 0 fully saturated rings. The van der Waals surface area contributed by atoms with Crippen LogP contribution in [0.5, 0.6) is 0 Å². The summed E-state index contributed by atoms with van der Waals surface area (Å²) in [7, 11) is 0. The molecule has 3 rings (SSSR count). The van der Waals surface area contributed by atoms with E-state index in [0.29, 0.717) is 17.2 Å². The molecule has 0 aliphatic rings. The van der Waals surface area contributed by atoms with Crippen molar-refractivity contribution in [3.8, 4) is 0 Å². The maximum atomic E-state index is 12.7. The number of carbonyl (C=O) groups is 2. The van der Waals surface area contributed by atoms with Crippen LogP contribution in [-0.4, -0.2) is 17.9 Å². The number of thiophene rings is 1. The Morgan fingerprint density at radius 2 is 1.53 bits per heavy atom. The predicted octanol–water partition coefficient (Wildman–Crippen LogP) is 4.68. The summed E-state index contributed by atoms with van der Waals surface area (Å²) in [4.78, 5) is 25.1. The third kappa shape index (κ3) is 5.34. The first-order chi connectivity index (χ1) is 14.3. The molecule has 0 aliphatic carbocycles. The maximum Gasteiger partial charge on any atom is 0.248 e. The first-order valence-corrected chi connectivity index (χ1v) is 10.8. The van der Waals surface area contributed by atoms with Crippen LogP contribution in [0.4, 0.5) is 5.69 Å². The van der Waals surface area contributed by atoms with Gasteiger partial charge in [0.15, 0.2) is 0 Å². The Labute approximate surface area is 181 Å². The summed E-state index contributed by atoms with van der Waals surface area (Å²) in [5, 5.41) is 8.38. The number of anilines is 1. The highest BCUT2D eigenvalue weighted by atomic mass is 32.1. The van der Waals surface area contributed by atoms with Crippen LogP contribution in [0.1, 0.15) is 59.1 Å². The van der Waals surface area contributed by atoms with Crippen LogP contribution in [0.15, 0.2) is 66.0 Å². The van der Waals surface area contributed by atoms with Gasteiger partial charge in [-0.3, -0.25) is 14.9 Å². The number of hydrogen-bond donors (Lipinski definition) is 3. The van der Waals surface area contributed by atoms with E-state index in [1.807, 2.05) is 18.4 Å². The molecule has 30 heavy (non-hydrogen) atoms. The lowest BCUT2D eigenvalue weighted by molar-refractivity contribution is -0.117. The summed E-state index contributed by atoms with van der Waals surface area (Å²) in [6.07, 6.45) is 0. The van der Waals surface area contributed by atoms with Gasteiger partial charge in [0.2, 0.25) is 11.8 Å². The standard InChI is InChI=1S/C24H27N3O2S/c1-15(2)17-6-8-18(9-7-17)22(21-5-4-14-30-21)26-16(3)24(29)27-20-12-10-19(11-13-20)23(25)28/h4-16,22,26H,1-3H3,(H2,25,28)(H,27,29)/t16-,22+/m0/s1. The van der Waals surface area contributed by atoms with Gasteiger partial charge in [-0.25, -0.2) is 0 Å². The molecule has 6 heteroatoms. The van der Waals surface area contributed by atoms with Crippen molar-refractivity contribution in [3.05, 3.63) is 87.6 Å². The highest BCUT2D eigenvalue weighted by molar-refractivity contribution is 7.10. The zero-order valence-corrected chi connectivity index (χ0v) is 18.2. The monoisotopic (exact) mass is 421 g/mol. The fourth-order valence-electron chi connectivity index (χ4n) is 3.17. The van der Waals surface area contributed by atoms with Crippen LogP contribution in [0.25, 0.3) is 0 Å². The molecule has 2 atom stereocenters. The van der Waals surface area contributed by atoms with Crippen molar-refractivity contribution in [2.75, 3.05) is 5.32 Å². The quantitative estimate of drug-likeness (QED) is 0.494. The zero-order valence-electron chi connectivity index (χ0n) is 17.4. The van der Waals surface area contributed by atoms with Crippen molar-refractivity contribution in [3.63, 3.8) is 0 Å². The summed E-state index contributed by atoms with van der Waals surface area (Å²) < 4.78 is 0. The van der Waals surface area contributed by atoms with Crippen LogP contribution in [0.3, 0.4) is 0 Å². The molecule has 0 radical (unpaired) electrons. The van der Waals surface area contributed by atoms with Crippen molar-refractivity contribution in [2.24, 2.45) is 5.73 Å². The number of amides is 2. The number of primary amides is 1. The predicted molar refractivity (Wildman–Crippen MR) is 123 cm³/mol. The Balaban J connectivity index is 1.73. The average molecular weight is 422 g/mol. The SMILES string of the molecule is CC(C)c1ccc([C@@H](N[C@@H](C)C(=O)Nc2ccc(C(N)=O)cc2)c2cccs2)cc1. The van der Waals surface area contributed by atoms with Crippen LogP contribution in [0, 0.1) is 0 Å². The molecule has 156 valence electrons. The van der Waals surface area contributed by atoms with Crippen molar-refractivity contribution in [1.29, 1.82) is 0 Å². The number of rotatable bonds is 8. The molecule has 0 spiro atoms. The van der Waals surface area contributed by atoms with Crippen LogP contribution in [-0.2, 0) is 4.79 Å². The first-order valence-electron chi connectivity index (χ1n) is 9.95. The van der Waals surface area contributed by atoms with Gasteiger partial charge < -0.3 is 11.1 Å². The minimum Gasteiger partial charge on any atom is -0.366 e. The van der Waals surface area contributed by atoms with Gasteiger partial charge in [0, 0.05) is 16.1 Å². The zero-order chi connectivity index (χ0) is 21.7. The van der Waals surface area contributed by atoms with Gasteiger partial charge in [0.05, 0.1) is 12.1 Å². The second-order valence-electron chi connectivity index (χ2n) is 7.59.